The molecule has 0 saturated heterocycles. The van der Waals surface area contributed by atoms with E-state index in [1.165, 1.54) is 17.8 Å². The number of nitrogens with one attached hydrogen (secondary N) is 1. The van der Waals surface area contributed by atoms with E-state index in [9.17, 15) is 8.42 Å². The lowest BCUT2D eigenvalue weighted by Gasteiger charge is -2.05. The molecule has 5 rings (SSSR count). The highest BCUT2D eigenvalue weighted by molar-refractivity contribution is 7.89. The van der Waals surface area contributed by atoms with Gasteiger partial charge in [-0.05, 0) is 38.0 Å². The van der Waals surface area contributed by atoms with Gasteiger partial charge in [0.25, 0.3) is 0 Å². The van der Waals surface area contributed by atoms with Crippen molar-refractivity contribution >= 4 is 21.4 Å². The van der Waals surface area contributed by atoms with Crippen molar-refractivity contribution in [3.05, 3.63) is 70.4 Å². The first-order valence-electron chi connectivity index (χ1n) is 10.4. The second-order valence-electron chi connectivity index (χ2n) is 7.90. The van der Waals surface area contributed by atoms with Crippen LogP contribution in [0.25, 0.3) is 22.6 Å². The molecule has 1 saturated carbocycles. The molecule has 32 heavy (non-hydrogen) atoms. The van der Waals surface area contributed by atoms with Gasteiger partial charge in [0, 0.05) is 35.4 Å². The van der Waals surface area contributed by atoms with E-state index in [0.717, 1.165) is 22.4 Å². The van der Waals surface area contributed by atoms with Crippen LogP contribution in [0.4, 0.5) is 0 Å². The number of hydrogen-bond acceptors (Lipinski definition) is 7. The fraction of sp³-hybridized carbons (Fsp3) is 0.261. The van der Waals surface area contributed by atoms with Crippen LogP contribution in [0.15, 0.2) is 63.3 Å². The summed E-state index contributed by atoms with van der Waals surface area (Å²) in [6.07, 6.45) is 2.77. The maximum atomic E-state index is 12.4. The van der Waals surface area contributed by atoms with E-state index in [2.05, 4.69) is 20.2 Å². The molecule has 0 spiro atoms. The number of hydrogen-bond donors (Lipinski definition) is 1. The summed E-state index contributed by atoms with van der Waals surface area (Å²) in [4.78, 5) is 9.43. The second-order valence-corrected chi connectivity index (χ2v) is 10.6. The lowest BCUT2D eigenvalue weighted by Crippen LogP contribution is -2.26. The van der Waals surface area contributed by atoms with Crippen molar-refractivity contribution in [2.45, 2.75) is 37.0 Å². The zero-order valence-electron chi connectivity index (χ0n) is 17.5. The lowest BCUT2D eigenvalue weighted by molar-refractivity contribution is 0.379. The Morgan fingerprint density at radius 3 is 2.66 bits per heavy atom. The van der Waals surface area contributed by atoms with Crippen LogP contribution in [0.2, 0.25) is 0 Å². The van der Waals surface area contributed by atoms with E-state index in [4.69, 9.17) is 9.51 Å². The normalized spacial score (nSPS) is 14.0. The van der Waals surface area contributed by atoms with Gasteiger partial charge in [0.1, 0.15) is 0 Å². The third-order valence-electron chi connectivity index (χ3n) is 5.30. The van der Waals surface area contributed by atoms with Gasteiger partial charge < -0.3 is 4.52 Å². The SMILES string of the molecule is Cc1ccc(S(=O)(=O)NCCc2nc(-c3cccc(-c4csc(C5CC5)n4)c3)no2)cc1. The summed E-state index contributed by atoms with van der Waals surface area (Å²) in [6, 6.07) is 14.6. The highest BCUT2D eigenvalue weighted by atomic mass is 32.2. The molecule has 1 aliphatic carbocycles. The molecule has 2 heterocycles. The molecule has 9 heteroatoms. The molecule has 0 unspecified atom stereocenters. The molecule has 0 aliphatic heterocycles. The van der Waals surface area contributed by atoms with Crippen molar-refractivity contribution in [3.8, 4) is 22.6 Å². The van der Waals surface area contributed by atoms with E-state index >= 15 is 0 Å². The predicted octanol–water partition coefficient (Wildman–Crippen LogP) is 4.57. The molecule has 2 aromatic heterocycles. The van der Waals surface area contributed by atoms with Crippen LogP contribution >= 0.6 is 11.3 Å². The Balaban J connectivity index is 1.24. The van der Waals surface area contributed by atoms with Gasteiger partial charge in [-0.25, -0.2) is 18.1 Å². The first kappa shape index (κ1) is 21.0. The summed E-state index contributed by atoms with van der Waals surface area (Å²) < 4.78 is 32.7. The minimum absolute atomic E-state index is 0.167. The van der Waals surface area contributed by atoms with Gasteiger partial charge in [0.15, 0.2) is 0 Å². The minimum atomic E-state index is -3.57. The van der Waals surface area contributed by atoms with E-state index < -0.39 is 10.0 Å². The van der Waals surface area contributed by atoms with E-state index in [0.29, 0.717) is 24.1 Å². The standard InChI is InChI=1S/C23H22N4O3S2/c1-15-5-9-19(10-6-15)32(28,29)24-12-11-21-26-22(27-30-21)18-4-2-3-17(13-18)20-14-31-23(25-20)16-7-8-16/h2-6,9-10,13-14,16,24H,7-8,11-12H2,1H3. The summed E-state index contributed by atoms with van der Waals surface area (Å²) in [7, 11) is -3.57. The molecular weight excluding hydrogens is 444 g/mol. The van der Waals surface area contributed by atoms with Crippen LogP contribution < -0.4 is 4.72 Å². The Labute approximate surface area is 190 Å². The summed E-state index contributed by atoms with van der Waals surface area (Å²) >= 11 is 1.71. The number of aromatic nitrogens is 3. The maximum absolute atomic E-state index is 12.4. The summed E-state index contributed by atoms with van der Waals surface area (Å²) in [5.41, 5.74) is 3.82. The zero-order chi connectivity index (χ0) is 22.1. The minimum Gasteiger partial charge on any atom is -0.339 e. The Hall–Kier alpha value is -2.88. The molecular formula is C23H22N4O3S2. The molecule has 0 radical (unpaired) electrons. The van der Waals surface area contributed by atoms with Crippen molar-refractivity contribution in [3.63, 3.8) is 0 Å². The molecule has 7 nitrogen and oxygen atoms in total. The van der Waals surface area contributed by atoms with Gasteiger partial charge in [0.2, 0.25) is 21.7 Å². The zero-order valence-corrected chi connectivity index (χ0v) is 19.1. The molecule has 1 fully saturated rings. The molecule has 2 aromatic carbocycles. The second kappa shape index (κ2) is 8.57. The number of nitrogens with zero attached hydrogens (tertiary/aromatic N) is 3. The van der Waals surface area contributed by atoms with Gasteiger partial charge >= 0.3 is 0 Å². The fourth-order valence-electron chi connectivity index (χ4n) is 3.32. The molecule has 1 aliphatic rings. The topological polar surface area (TPSA) is 98.0 Å². The Morgan fingerprint density at radius 1 is 1.09 bits per heavy atom. The van der Waals surface area contributed by atoms with Crippen molar-refractivity contribution < 1.29 is 12.9 Å². The molecule has 0 atom stereocenters. The number of rotatable bonds is 8. The molecule has 0 bridgehead atoms. The third kappa shape index (κ3) is 4.64. The first-order valence-corrected chi connectivity index (χ1v) is 12.8. The van der Waals surface area contributed by atoms with Crippen molar-refractivity contribution in [1.82, 2.24) is 19.8 Å². The number of sulfonamides is 1. The van der Waals surface area contributed by atoms with Crippen LogP contribution in [-0.2, 0) is 16.4 Å². The molecule has 0 amide bonds. The van der Waals surface area contributed by atoms with Crippen LogP contribution in [0.1, 0.15) is 35.2 Å². The monoisotopic (exact) mass is 466 g/mol. The maximum Gasteiger partial charge on any atom is 0.240 e. The third-order valence-corrected chi connectivity index (χ3v) is 7.78. The molecule has 164 valence electrons. The van der Waals surface area contributed by atoms with E-state index in [-0.39, 0.29) is 11.4 Å². The van der Waals surface area contributed by atoms with Gasteiger partial charge in [-0.15, -0.1) is 11.3 Å². The molecule has 4 aromatic rings. The first-order chi connectivity index (χ1) is 15.5. The van der Waals surface area contributed by atoms with Crippen molar-refractivity contribution in [2.24, 2.45) is 0 Å². The summed E-state index contributed by atoms with van der Waals surface area (Å²) in [5, 5.41) is 7.37. The van der Waals surface area contributed by atoms with Gasteiger partial charge in [-0.1, -0.05) is 41.1 Å². The largest absolute Gasteiger partial charge is 0.339 e. The highest BCUT2D eigenvalue weighted by Gasteiger charge is 2.26. The smallest absolute Gasteiger partial charge is 0.240 e. The molecule has 1 N–H and O–H groups in total. The van der Waals surface area contributed by atoms with Gasteiger partial charge in [-0.3, -0.25) is 0 Å². The Morgan fingerprint density at radius 2 is 1.88 bits per heavy atom. The lowest BCUT2D eigenvalue weighted by atomic mass is 10.1. The predicted molar refractivity (Wildman–Crippen MR) is 123 cm³/mol. The van der Waals surface area contributed by atoms with Crippen LogP contribution in [-0.4, -0.2) is 30.1 Å². The van der Waals surface area contributed by atoms with E-state index in [1.807, 2.05) is 31.2 Å². The number of thiazole rings is 1. The fourth-order valence-corrected chi connectivity index (χ4v) is 5.35. The summed E-state index contributed by atoms with van der Waals surface area (Å²) in [5.74, 6) is 1.49. The summed E-state index contributed by atoms with van der Waals surface area (Å²) in [6.45, 7) is 2.08. The quantitative estimate of drug-likeness (QED) is 0.409. The number of benzene rings is 2. The van der Waals surface area contributed by atoms with Crippen LogP contribution in [0, 0.1) is 6.92 Å². The van der Waals surface area contributed by atoms with E-state index in [1.54, 1.807) is 35.6 Å². The highest BCUT2D eigenvalue weighted by Crippen LogP contribution is 2.42. The Kier molecular flexibility index (Phi) is 5.62. The van der Waals surface area contributed by atoms with Gasteiger partial charge in [-0.2, -0.15) is 4.98 Å². The van der Waals surface area contributed by atoms with Crippen molar-refractivity contribution in [1.29, 1.82) is 0 Å². The van der Waals surface area contributed by atoms with Crippen LogP contribution in [0.3, 0.4) is 0 Å². The van der Waals surface area contributed by atoms with Gasteiger partial charge in [0.05, 0.1) is 15.6 Å². The number of aryl methyl sites for hydroxylation is 1. The van der Waals surface area contributed by atoms with Crippen molar-refractivity contribution in [2.75, 3.05) is 6.54 Å². The average molecular weight is 467 g/mol. The Bertz CT molecular complexity index is 1340. The average Bonchev–Trinajstić information content (AvgIpc) is 3.32. The van der Waals surface area contributed by atoms with Crippen LogP contribution in [0.5, 0.6) is 0 Å².